The van der Waals surface area contributed by atoms with E-state index in [-0.39, 0.29) is 0 Å². The van der Waals surface area contributed by atoms with Crippen molar-refractivity contribution in [3.05, 3.63) is 23.2 Å². The minimum absolute atomic E-state index is 0.661. The molecular formula is C11H15N3S2. The van der Waals surface area contributed by atoms with Crippen molar-refractivity contribution in [1.29, 1.82) is 0 Å². The van der Waals surface area contributed by atoms with Crippen LogP contribution in [0.4, 0.5) is 0 Å². The fourth-order valence-electron chi connectivity index (χ4n) is 1.66. The van der Waals surface area contributed by atoms with Gasteiger partial charge in [-0.3, -0.25) is 4.98 Å². The molecule has 0 aliphatic carbocycles. The van der Waals surface area contributed by atoms with Crippen LogP contribution in [0.15, 0.2) is 18.5 Å². The van der Waals surface area contributed by atoms with Crippen molar-refractivity contribution >= 4 is 35.0 Å². The summed E-state index contributed by atoms with van der Waals surface area (Å²) in [4.78, 5) is 7.26. The fraction of sp³-hybridized carbons (Fsp3) is 0.455. The van der Waals surface area contributed by atoms with Gasteiger partial charge >= 0.3 is 0 Å². The van der Waals surface area contributed by atoms with Crippen molar-refractivity contribution in [1.82, 2.24) is 14.5 Å². The molecule has 2 aromatic heterocycles. The van der Waals surface area contributed by atoms with Crippen LogP contribution in [-0.2, 0) is 6.54 Å². The Morgan fingerprint density at radius 3 is 3.19 bits per heavy atom. The van der Waals surface area contributed by atoms with E-state index in [9.17, 15) is 0 Å². The van der Waals surface area contributed by atoms with Gasteiger partial charge in [0.1, 0.15) is 0 Å². The Hall–Kier alpha value is -0.810. The molecule has 0 fully saturated rings. The SMILES string of the molecule is CSC(C)CCn1c(=S)[nH]c2cnccc21. The number of imidazole rings is 1. The van der Waals surface area contributed by atoms with Crippen LogP contribution >= 0.6 is 24.0 Å². The van der Waals surface area contributed by atoms with Crippen molar-refractivity contribution in [3.63, 3.8) is 0 Å². The lowest BCUT2D eigenvalue weighted by Crippen LogP contribution is -2.04. The third-order valence-corrected chi connectivity index (χ3v) is 4.10. The Morgan fingerprint density at radius 1 is 1.62 bits per heavy atom. The van der Waals surface area contributed by atoms with Crippen LogP contribution in [0.2, 0.25) is 0 Å². The van der Waals surface area contributed by atoms with Crippen molar-refractivity contribution in [3.8, 4) is 0 Å². The van der Waals surface area contributed by atoms with Crippen molar-refractivity contribution < 1.29 is 0 Å². The number of nitrogens with zero attached hydrogens (tertiary/aromatic N) is 2. The van der Waals surface area contributed by atoms with Gasteiger partial charge in [-0.1, -0.05) is 6.92 Å². The van der Waals surface area contributed by atoms with Gasteiger partial charge in [-0.15, -0.1) is 0 Å². The highest BCUT2D eigenvalue weighted by Gasteiger charge is 2.05. The molecule has 3 nitrogen and oxygen atoms in total. The van der Waals surface area contributed by atoms with E-state index in [0.29, 0.717) is 5.25 Å². The van der Waals surface area contributed by atoms with Crippen molar-refractivity contribution in [2.45, 2.75) is 25.1 Å². The number of H-pyrrole nitrogens is 1. The van der Waals surface area contributed by atoms with Crippen LogP contribution in [0.1, 0.15) is 13.3 Å². The van der Waals surface area contributed by atoms with Gasteiger partial charge in [0.25, 0.3) is 0 Å². The highest BCUT2D eigenvalue weighted by molar-refractivity contribution is 7.99. The highest BCUT2D eigenvalue weighted by Crippen LogP contribution is 2.16. The predicted molar refractivity (Wildman–Crippen MR) is 72.5 cm³/mol. The maximum atomic E-state index is 5.31. The van der Waals surface area contributed by atoms with Gasteiger partial charge in [0.15, 0.2) is 4.77 Å². The Kier molecular flexibility index (Phi) is 3.66. The lowest BCUT2D eigenvalue weighted by atomic mass is 10.3. The number of aromatic amines is 1. The van der Waals surface area contributed by atoms with Gasteiger partial charge in [0.05, 0.1) is 17.2 Å². The molecule has 0 aliphatic rings. The summed E-state index contributed by atoms with van der Waals surface area (Å²) in [5.41, 5.74) is 2.16. The van der Waals surface area contributed by atoms with Crippen LogP contribution in [-0.4, -0.2) is 26.0 Å². The first-order valence-electron chi connectivity index (χ1n) is 5.27. The van der Waals surface area contributed by atoms with Crippen molar-refractivity contribution in [2.75, 3.05) is 6.26 Å². The molecule has 16 heavy (non-hydrogen) atoms. The zero-order valence-corrected chi connectivity index (χ0v) is 11.1. The van der Waals surface area contributed by atoms with Gasteiger partial charge < -0.3 is 9.55 Å². The zero-order chi connectivity index (χ0) is 11.5. The summed E-state index contributed by atoms with van der Waals surface area (Å²) in [6, 6.07) is 2.01. The van der Waals surface area contributed by atoms with Crippen LogP contribution in [0, 0.1) is 4.77 Å². The number of nitrogens with one attached hydrogen (secondary N) is 1. The second-order valence-corrected chi connectivity index (χ2v) is 5.47. The Bertz CT molecular complexity index is 529. The summed E-state index contributed by atoms with van der Waals surface area (Å²) in [5, 5.41) is 0.661. The van der Waals surface area contributed by atoms with Crippen LogP contribution in [0.25, 0.3) is 11.0 Å². The first-order valence-corrected chi connectivity index (χ1v) is 6.97. The fourth-order valence-corrected chi connectivity index (χ4v) is 2.30. The minimum Gasteiger partial charge on any atom is -0.329 e. The van der Waals surface area contributed by atoms with Gasteiger partial charge in [0, 0.05) is 18.0 Å². The van der Waals surface area contributed by atoms with E-state index in [1.54, 1.807) is 6.20 Å². The summed E-state index contributed by atoms with van der Waals surface area (Å²) in [7, 11) is 0. The topological polar surface area (TPSA) is 33.6 Å². The highest BCUT2D eigenvalue weighted by atomic mass is 32.2. The normalized spacial score (nSPS) is 13.1. The molecule has 0 spiro atoms. The molecule has 1 atom stereocenters. The minimum atomic E-state index is 0.661. The number of thioether (sulfide) groups is 1. The van der Waals surface area contributed by atoms with E-state index in [0.717, 1.165) is 28.8 Å². The monoisotopic (exact) mass is 253 g/mol. The molecule has 5 heteroatoms. The third-order valence-electron chi connectivity index (χ3n) is 2.74. The molecule has 0 radical (unpaired) electrons. The molecule has 0 saturated carbocycles. The van der Waals surface area contributed by atoms with E-state index in [4.69, 9.17) is 12.2 Å². The molecule has 1 unspecified atom stereocenters. The quantitative estimate of drug-likeness (QED) is 0.849. The second kappa shape index (κ2) is 5.01. The molecule has 0 aromatic carbocycles. The Balaban J connectivity index is 2.29. The Morgan fingerprint density at radius 2 is 2.44 bits per heavy atom. The second-order valence-electron chi connectivity index (χ2n) is 3.81. The number of aryl methyl sites for hydroxylation is 1. The molecule has 0 saturated heterocycles. The number of aromatic nitrogens is 3. The van der Waals surface area contributed by atoms with Crippen LogP contribution < -0.4 is 0 Å². The third kappa shape index (κ3) is 2.30. The number of pyridine rings is 1. The van der Waals surface area contributed by atoms with E-state index in [1.165, 1.54) is 0 Å². The standard InChI is InChI=1S/C11H15N3S2/c1-8(16-2)4-6-14-10-3-5-12-7-9(10)13-11(14)15/h3,5,7-8H,4,6H2,1-2H3,(H,13,15). The molecule has 2 rings (SSSR count). The summed E-state index contributed by atoms with van der Waals surface area (Å²) in [6.45, 7) is 3.20. The Labute approximate surface area is 104 Å². The average molecular weight is 253 g/mol. The molecule has 0 amide bonds. The van der Waals surface area contributed by atoms with Crippen LogP contribution in [0.5, 0.6) is 0 Å². The first kappa shape index (κ1) is 11.7. The average Bonchev–Trinajstić information content (AvgIpc) is 2.62. The molecule has 86 valence electrons. The van der Waals surface area contributed by atoms with Gasteiger partial charge in [-0.05, 0) is 31.0 Å². The van der Waals surface area contributed by atoms with E-state index >= 15 is 0 Å². The summed E-state index contributed by atoms with van der Waals surface area (Å²) in [6.07, 6.45) is 6.90. The lowest BCUT2D eigenvalue weighted by molar-refractivity contribution is 0.648. The molecular weight excluding hydrogens is 238 g/mol. The number of rotatable bonds is 4. The molecule has 2 aromatic rings. The summed E-state index contributed by atoms with van der Waals surface area (Å²) < 4.78 is 2.94. The molecule has 2 heterocycles. The van der Waals surface area contributed by atoms with Crippen molar-refractivity contribution in [2.24, 2.45) is 0 Å². The maximum absolute atomic E-state index is 5.31. The smallest absolute Gasteiger partial charge is 0.178 e. The van der Waals surface area contributed by atoms with Gasteiger partial charge in [-0.25, -0.2) is 0 Å². The largest absolute Gasteiger partial charge is 0.329 e. The van der Waals surface area contributed by atoms with Gasteiger partial charge in [-0.2, -0.15) is 11.8 Å². The van der Waals surface area contributed by atoms with E-state index in [1.807, 2.05) is 24.0 Å². The lowest BCUT2D eigenvalue weighted by Gasteiger charge is -2.09. The molecule has 0 bridgehead atoms. The number of hydrogen-bond donors (Lipinski definition) is 1. The molecule has 0 aliphatic heterocycles. The number of fused-ring (bicyclic) bond motifs is 1. The maximum Gasteiger partial charge on any atom is 0.178 e. The summed E-state index contributed by atoms with van der Waals surface area (Å²) in [5.74, 6) is 0. The molecule has 1 N–H and O–H groups in total. The zero-order valence-electron chi connectivity index (χ0n) is 9.43. The van der Waals surface area contributed by atoms with E-state index in [2.05, 4.69) is 27.7 Å². The van der Waals surface area contributed by atoms with Gasteiger partial charge in [0.2, 0.25) is 0 Å². The van der Waals surface area contributed by atoms with E-state index < -0.39 is 0 Å². The van der Waals surface area contributed by atoms with Crippen LogP contribution in [0.3, 0.4) is 0 Å². The summed E-state index contributed by atoms with van der Waals surface area (Å²) >= 11 is 7.20. The predicted octanol–water partition coefficient (Wildman–Crippen LogP) is 3.24. The first-order chi connectivity index (χ1) is 7.72. The number of hydrogen-bond acceptors (Lipinski definition) is 3.